The maximum absolute atomic E-state index is 12.1. The number of hydrogen-bond donors (Lipinski definition) is 0. The van der Waals surface area contributed by atoms with E-state index in [0.29, 0.717) is 31.4 Å². The quantitative estimate of drug-likeness (QED) is 0.695. The van der Waals surface area contributed by atoms with Gasteiger partial charge >= 0.3 is 0 Å². The third-order valence-electron chi connectivity index (χ3n) is 3.89. The average molecular weight is 325 g/mol. The summed E-state index contributed by atoms with van der Waals surface area (Å²) in [6.45, 7) is 0.589. The Kier molecular flexibility index (Phi) is 6.55. The monoisotopic (exact) mass is 325 g/mol. The number of rotatable bonds is 8. The highest BCUT2D eigenvalue weighted by Crippen LogP contribution is 2.14. The smallest absolute Gasteiger partial charge is 0.222 e. The lowest BCUT2D eigenvalue weighted by Gasteiger charge is -2.17. The van der Waals surface area contributed by atoms with E-state index in [4.69, 9.17) is 4.74 Å². The van der Waals surface area contributed by atoms with Gasteiger partial charge in [0.05, 0.1) is 7.11 Å². The molecule has 24 heavy (non-hydrogen) atoms. The minimum atomic E-state index is 0.0520. The largest absolute Gasteiger partial charge is 0.497 e. The van der Waals surface area contributed by atoms with E-state index in [9.17, 15) is 9.59 Å². The molecular weight excluding hydrogens is 302 g/mol. The van der Waals surface area contributed by atoms with Crippen molar-refractivity contribution < 1.29 is 14.3 Å². The summed E-state index contributed by atoms with van der Waals surface area (Å²) in [7, 11) is 3.38. The topological polar surface area (TPSA) is 46.6 Å². The number of carbonyl (C=O) groups excluding carboxylic acids is 2. The van der Waals surface area contributed by atoms with Crippen LogP contribution < -0.4 is 4.74 Å². The Morgan fingerprint density at radius 2 is 1.62 bits per heavy atom. The number of nitrogens with zero attached hydrogens (tertiary/aromatic N) is 1. The summed E-state index contributed by atoms with van der Waals surface area (Å²) in [5, 5.41) is 0. The normalized spacial score (nSPS) is 10.2. The van der Waals surface area contributed by atoms with E-state index < -0.39 is 0 Å². The van der Waals surface area contributed by atoms with Gasteiger partial charge in [-0.2, -0.15) is 0 Å². The van der Waals surface area contributed by atoms with Crippen molar-refractivity contribution in [1.82, 2.24) is 4.90 Å². The minimum Gasteiger partial charge on any atom is -0.497 e. The fourth-order valence-electron chi connectivity index (χ4n) is 2.46. The van der Waals surface area contributed by atoms with E-state index >= 15 is 0 Å². The predicted octanol–water partition coefficient (Wildman–Crippen LogP) is 3.71. The second-order valence-corrected chi connectivity index (χ2v) is 5.74. The highest BCUT2D eigenvalue weighted by Gasteiger charge is 2.11. The summed E-state index contributed by atoms with van der Waals surface area (Å²) in [5.74, 6) is 0.835. The van der Waals surface area contributed by atoms with Crippen LogP contribution in [0.1, 0.15) is 35.2 Å². The van der Waals surface area contributed by atoms with Crippen molar-refractivity contribution in [2.24, 2.45) is 0 Å². The molecule has 0 N–H and O–H groups in total. The Morgan fingerprint density at radius 1 is 0.958 bits per heavy atom. The first kappa shape index (κ1) is 17.7. The first-order valence-electron chi connectivity index (χ1n) is 8.05. The van der Waals surface area contributed by atoms with Crippen molar-refractivity contribution in [1.29, 1.82) is 0 Å². The number of carbonyl (C=O) groups is 2. The number of Topliss-reactive ketones (excluding diaryl/α,β-unsaturated/α-hetero) is 1. The molecule has 0 aromatic heterocycles. The maximum Gasteiger partial charge on any atom is 0.222 e. The zero-order valence-electron chi connectivity index (χ0n) is 14.2. The fraction of sp³-hybridized carbons (Fsp3) is 0.300. The van der Waals surface area contributed by atoms with Crippen LogP contribution in [-0.4, -0.2) is 30.7 Å². The van der Waals surface area contributed by atoms with Gasteiger partial charge in [0.25, 0.3) is 0 Å². The van der Waals surface area contributed by atoms with E-state index in [-0.39, 0.29) is 11.7 Å². The van der Waals surface area contributed by atoms with E-state index in [0.717, 1.165) is 11.3 Å². The number of ether oxygens (including phenoxy) is 1. The van der Waals surface area contributed by atoms with Crippen molar-refractivity contribution in [3.05, 3.63) is 65.7 Å². The molecule has 0 spiro atoms. The molecule has 0 saturated heterocycles. The first-order valence-corrected chi connectivity index (χ1v) is 8.05. The van der Waals surface area contributed by atoms with Gasteiger partial charge in [-0.15, -0.1) is 0 Å². The zero-order valence-corrected chi connectivity index (χ0v) is 14.2. The molecule has 2 aromatic carbocycles. The van der Waals surface area contributed by atoms with Gasteiger partial charge in [0.15, 0.2) is 5.78 Å². The van der Waals surface area contributed by atoms with Gasteiger partial charge in [0, 0.05) is 32.0 Å². The number of amides is 1. The average Bonchev–Trinajstić information content (AvgIpc) is 2.62. The lowest BCUT2D eigenvalue weighted by Crippen LogP contribution is -2.26. The highest BCUT2D eigenvalue weighted by atomic mass is 16.5. The lowest BCUT2D eigenvalue weighted by molar-refractivity contribution is -0.130. The second kappa shape index (κ2) is 8.87. The van der Waals surface area contributed by atoms with Crippen LogP contribution in [0.25, 0.3) is 0 Å². The van der Waals surface area contributed by atoms with Gasteiger partial charge < -0.3 is 9.64 Å². The molecule has 0 aliphatic carbocycles. The molecule has 2 rings (SSSR count). The van der Waals surface area contributed by atoms with E-state index in [1.165, 1.54) is 0 Å². The van der Waals surface area contributed by atoms with Crippen LogP contribution in [-0.2, 0) is 11.3 Å². The van der Waals surface area contributed by atoms with Crippen molar-refractivity contribution in [3.8, 4) is 5.75 Å². The molecule has 0 radical (unpaired) electrons. The molecule has 0 aliphatic rings. The molecule has 0 heterocycles. The van der Waals surface area contributed by atoms with Gasteiger partial charge in [0.1, 0.15) is 5.75 Å². The summed E-state index contributed by atoms with van der Waals surface area (Å²) in [5.41, 5.74) is 1.75. The molecule has 1 amide bonds. The van der Waals surface area contributed by atoms with Crippen LogP contribution in [0, 0.1) is 0 Å². The molecule has 0 fully saturated rings. The van der Waals surface area contributed by atoms with Crippen LogP contribution >= 0.6 is 0 Å². The van der Waals surface area contributed by atoms with Crippen LogP contribution in [0.5, 0.6) is 5.75 Å². The lowest BCUT2D eigenvalue weighted by atomic mass is 10.0. The van der Waals surface area contributed by atoms with Crippen LogP contribution in [0.15, 0.2) is 54.6 Å². The Balaban J connectivity index is 1.76. The Hall–Kier alpha value is -2.62. The number of hydrogen-bond acceptors (Lipinski definition) is 3. The summed E-state index contributed by atoms with van der Waals surface area (Å²) in [4.78, 5) is 26.0. The standard InChI is InChI=1S/C20H23NO3/c1-21(15-16-7-4-3-5-8-16)20(23)10-6-9-19(22)17-11-13-18(24-2)14-12-17/h3-5,7-8,11-14H,6,9-10,15H2,1-2H3. The van der Waals surface area contributed by atoms with Crippen LogP contribution in [0.3, 0.4) is 0 Å². The molecule has 0 aliphatic heterocycles. The number of methoxy groups -OCH3 is 1. The van der Waals surface area contributed by atoms with Crippen molar-refractivity contribution in [2.75, 3.05) is 14.2 Å². The molecule has 0 unspecified atom stereocenters. The van der Waals surface area contributed by atoms with Gasteiger partial charge in [0.2, 0.25) is 5.91 Å². The first-order chi connectivity index (χ1) is 11.6. The van der Waals surface area contributed by atoms with Crippen molar-refractivity contribution in [2.45, 2.75) is 25.8 Å². The molecule has 126 valence electrons. The Bertz CT molecular complexity index is 665. The molecular formula is C20H23NO3. The van der Waals surface area contributed by atoms with Gasteiger partial charge in [-0.1, -0.05) is 30.3 Å². The Morgan fingerprint density at radius 3 is 2.25 bits per heavy atom. The van der Waals surface area contributed by atoms with Crippen LogP contribution in [0.2, 0.25) is 0 Å². The molecule has 4 nitrogen and oxygen atoms in total. The Labute approximate surface area is 143 Å². The molecule has 4 heteroatoms. The van der Waals surface area contributed by atoms with Gasteiger partial charge in [-0.25, -0.2) is 0 Å². The predicted molar refractivity (Wildman–Crippen MR) is 94.1 cm³/mol. The summed E-state index contributed by atoms with van der Waals surface area (Å²) < 4.78 is 5.08. The van der Waals surface area contributed by atoms with Crippen molar-refractivity contribution in [3.63, 3.8) is 0 Å². The van der Waals surface area contributed by atoms with Crippen LogP contribution in [0.4, 0.5) is 0 Å². The third-order valence-corrected chi connectivity index (χ3v) is 3.89. The summed E-state index contributed by atoms with van der Waals surface area (Å²) in [6, 6.07) is 16.9. The highest BCUT2D eigenvalue weighted by molar-refractivity contribution is 5.96. The van der Waals surface area contributed by atoms with E-state index in [1.807, 2.05) is 30.3 Å². The zero-order chi connectivity index (χ0) is 17.4. The van der Waals surface area contributed by atoms with E-state index in [1.54, 1.807) is 43.3 Å². The number of ketones is 1. The summed E-state index contributed by atoms with van der Waals surface area (Å²) >= 11 is 0. The van der Waals surface area contributed by atoms with Crippen molar-refractivity contribution >= 4 is 11.7 Å². The number of benzene rings is 2. The fourth-order valence-corrected chi connectivity index (χ4v) is 2.46. The summed E-state index contributed by atoms with van der Waals surface area (Å²) in [6.07, 6.45) is 1.31. The second-order valence-electron chi connectivity index (χ2n) is 5.74. The van der Waals surface area contributed by atoms with E-state index in [2.05, 4.69) is 0 Å². The molecule has 2 aromatic rings. The SMILES string of the molecule is COc1ccc(C(=O)CCCC(=O)N(C)Cc2ccccc2)cc1. The van der Waals surface area contributed by atoms with Gasteiger partial charge in [-0.05, 0) is 36.2 Å². The van der Waals surface area contributed by atoms with Gasteiger partial charge in [-0.3, -0.25) is 9.59 Å². The minimum absolute atomic E-state index is 0.0520. The maximum atomic E-state index is 12.1. The molecule has 0 saturated carbocycles. The third kappa shape index (κ3) is 5.23. The molecule has 0 atom stereocenters. The molecule has 0 bridgehead atoms.